The van der Waals surface area contributed by atoms with Crippen LogP contribution in [0.4, 0.5) is 0 Å². The Kier molecular flexibility index (Phi) is 3.46. The molecule has 0 unspecified atom stereocenters. The van der Waals surface area contributed by atoms with E-state index in [0.717, 1.165) is 15.7 Å². The van der Waals surface area contributed by atoms with E-state index in [2.05, 4.69) is 0 Å². The van der Waals surface area contributed by atoms with Crippen molar-refractivity contribution in [2.24, 2.45) is 0 Å². The Morgan fingerprint density at radius 3 is 1.60 bits per heavy atom. The largest absolute Gasteiger partial charge is 0.453 e. The molecule has 0 saturated heterocycles. The normalized spacial score (nSPS) is 18.0. The highest BCUT2D eigenvalue weighted by Gasteiger charge is 2.20. The lowest BCUT2D eigenvalue weighted by molar-refractivity contribution is 0.667. The molecule has 0 aliphatic heterocycles. The Bertz CT molecular complexity index is 4940. The van der Waals surface area contributed by atoms with Crippen LogP contribution < -0.4 is 0 Å². The van der Waals surface area contributed by atoms with E-state index in [1.165, 1.54) is 4.57 Å². The van der Waals surface area contributed by atoms with E-state index in [4.69, 9.17) is 23.6 Å². The van der Waals surface area contributed by atoms with Crippen LogP contribution in [0.5, 0.6) is 0 Å². The monoisotopic (exact) mass is 751 g/mol. The maximum atomic E-state index is 10.0. The maximum absolute atomic E-state index is 10.0. The van der Waals surface area contributed by atoms with Gasteiger partial charge in [-0.1, -0.05) is 151 Å². The molecule has 266 valence electrons. The fourth-order valence-corrected chi connectivity index (χ4v) is 7.34. The van der Waals surface area contributed by atoms with Gasteiger partial charge < -0.3 is 13.6 Å². The van der Waals surface area contributed by atoms with Gasteiger partial charge in [0.2, 0.25) is 0 Å². The molecule has 0 amide bonds. The Hall–Kier alpha value is -7.62. The van der Waals surface area contributed by atoms with Gasteiger partial charge in [0.15, 0.2) is 5.58 Å². The van der Waals surface area contributed by atoms with Crippen molar-refractivity contribution in [3.05, 3.63) is 206 Å². The predicted molar refractivity (Wildman–Crippen MR) is 239 cm³/mol. The molecule has 0 spiro atoms. The number of fused-ring (bicyclic) bond motifs is 9. The van der Waals surface area contributed by atoms with Crippen LogP contribution in [0.2, 0.25) is 0 Å². The first kappa shape index (κ1) is 15.9. The van der Waals surface area contributed by atoms with Gasteiger partial charge in [-0.25, -0.2) is 0 Å². The lowest BCUT2D eigenvalue weighted by Gasteiger charge is -2.10. The second kappa shape index (κ2) is 12.5. The molecule has 12 rings (SSSR count). The second-order valence-electron chi connectivity index (χ2n) is 13.0. The lowest BCUT2D eigenvalue weighted by atomic mass is 10.0. The first-order chi connectivity index (χ1) is 38.7. The van der Waals surface area contributed by atoms with Crippen LogP contribution in [0.3, 0.4) is 0 Å². The van der Waals surface area contributed by atoms with Crippen molar-refractivity contribution >= 4 is 65.6 Å². The van der Waals surface area contributed by atoms with E-state index < -0.39 is 223 Å². The topological polar surface area (TPSA) is 23.0 Å². The molecule has 0 fully saturated rings. The highest BCUT2D eigenvalue weighted by atomic mass is 16.3. The van der Waals surface area contributed by atoms with Crippen molar-refractivity contribution < 1.29 is 38.7 Å². The van der Waals surface area contributed by atoms with Gasteiger partial charge in [-0.3, -0.25) is 0 Å². The zero-order chi connectivity index (χ0) is 59.2. The molecule has 57 heavy (non-hydrogen) atoms. The number of rotatable bonds is 5. The van der Waals surface area contributed by atoms with E-state index in [-0.39, 0.29) is 27.5 Å². The molecule has 3 aromatic heterocycles. The summed E-state index contributed by atoms with van der Waals surface area (Å²) in [7, 11) is 0. The highest BCUT2D eigenvalue weighted by Crippen LogP contribution is 2.42. The van der Waals surface area contributed by atoms with Gasteiger partial charge in [-0.15, -0.1) is 0 Å². The van der Waals surface area contributed by atoms with Gasteiger partial charge >= 0.3 is 0 Å². The molecule has 9 aromatic carbocycles. The minimum atomic E-state index is -0.954. The molecule has 0 N–H and O–H groups in total. The van der Waals surface area contributed by atoms with Gasteiger partial charge in [0.1, 0.15) is 5.58 Å². The number of benzene rings is 9. The van der Waals surface area contributed by atoms with Gasteiger partial charge in [-0.05, 0) is 82.2 Å². The van der Waals surface area contributed by atoms with Crippen molar-refractivity contribution in [3.8, 4) is 44.8 Å². The molecule has 3 heterocycles. The lowest BCUT2D eigenvalue weighted by Crippen LogP contribution is -1.94. The summed E-state index contributed by atoms with van der Waals surface area (Å²) >= 11 is 0. The predicted octanol–water partition coefficient (Wildman–Crippen LogP) is 14.8. The molecule has 12 aromatic rings. The molecule has 0 aliphatic rings. The quantitative estimate of drug-likeness (QED) is 0.172. The summed E-state index contributed by atoms with van der Waals surface area (Å²) < 4.78 is 237. The van der Waals surface area contributed by atoms with Crippen LogP contribution in [0, 0.1) is 0 Å². The standard InChI is InChI=1S/C54H34N2O/c1-3-13-35(14-4-1)36-25-29-40(30-26-36)55-48-22-9-7-17-42(48)46-33-38(27-31-50(46)55)39-28-32-51-47(34-39)43-18-8-10-23-49(43)56(51)52-24-12-21-45-44-20-11-19-41(53(44)57-54(45)52)37-15-5-2-6-16-37/h1-34H/i2D,5D,6D,7D,8D,9D,10D,11D,12D,15D,16D,17D,18D,19D,20D,21D,22D,23D,24D,27D,28D,31D,32D,33D,34D. The number of hydrogen-bond acceptors (Lipinski definition) is 1. The first-order valence-electron chi connectivity index (χ1n) is 30.0. The molecular formula is C54H34N2O. The van der Waals surface area contributed by atoms with Gasteiger partial charge in [-0.2, -0.15) is 0 Å². The SMILES string of the molecule is [2H]c1c([2H])c([2H])c(-c2c([2H])c([2H])c([2H])c3c2oc2c(-n4c5c([2H])c([2H])c([2H])c([2H])c5c5c([2H])c(-c6c([2H])c([2H])c7c(c6[2H])c6c([2H])c([2H])c([2H])c([2H])c6n7-c6ccc(-c7ccccc7)cc6)c([2H])c([2H])c54)c([2H])c([2H])c([2H])c23)c([2H])c1[2H]. The van der Waals surface area contributed by atoms with Crippen molar-refractivity contribution in [1.82, 2.24) is 9.13 Å². The van der Waals surface area contributed by atoms with Crippen molar-refractivity contribution in [2.75, 3.05) is 0 Å². The van der Waals surface area contributed by atoms with E-state index in [1.807, 2.05) is 30.3 Å². The summed E-state index contributed by atoms with van der Waals surface area (Å²) in [6, 6.07) is -4.32. The summed E-state index contributed by atoms with van der Waals surface area (Å²) in [5.41, 5.74) is -4.32. The second-order valence-corrected chi connectivity index (χ2v) is 13.0. The van der Waals surface area contributed by atoms with E-state index >= 15 is 0 Å². The van der Waals surface area contributed by atoms with Crippen LogP contribution in [-0.2, 0) is 0 Å². The molecule has 0 saturated carbocycles. The Morgan fingerprint density at radius 1 is 0.351 bits per heavy atom. The van der Waals surface area contributed by atoms with E-state index in [1.54, 1.807) is 24.3 Å². The number of hydrogen-bond donors (Lipinski definition) is 0. The van der Waals surface area contributed by atoms with Crippen LogP contribution >= 0.6 is 0 Å². The third-order valence-corrected chi connectivity index (χ3v) is 9.87. The summed E-state index contributed by atoms with van der Waals surface area (Å²) in [6.07, 6.45) is 0. The minimum Gasteiger partial charge on any atom is -0.453 e. The van der Waals surface area contributed by atoms with Crippen LogP contribution in [0.15, 0.2) is 210 Å². The molecular weight excluding hydrogens is 693 g/mol. The number of aromatic nitrogens is 2. The minimum absolute atomic E-state index is 0.175. The molecule has 3 heteroatoms. The first-order valence-corrected chi connectivity index (χ1v) is 17.5. The molecule has 3 nitrogen and oxygen atoms in total. The van der Waals surface area contributed by atoms with Crippen molar-refractivity contribution in [1.29, 1.82) is 0 Å². The number of nitrogens with zero attached hydrogens (tertiary/aromatic N) is 2. The van der Waals surface area contributed by atoms with E-state index in [0.29, 0.717) is 0 Å². The summed E-state index contributed by atoms with van der Waals surface area (Å²) in [5.74, 6) is 0. The average molecular weight is 752 g/mol. The Balaban J connectivity index is 1.23. The van der Waals surface area contributed by atoms with E-state index in [9.17, 15) is 15.1 Å². The average Bonchev–Trinajstić information content (AvgIpc) is 1.88. The fourth-order valence-electron chi connectivity index (χ4n) is 7.34. The number of para-hydroxylation sites is 4. The Morgan fingerprint density at radius 2 is 0.895 bits per heavy atom. The van der Waals surface area contributed by atoms with Gasteiger partial charge in [0, 0.05) is 43.6 Å². The van der Waals surface area contributed by atoms with Crippen LogP contribution in [0.25, 0.3) is 110 Å². The third-order valence-electron chi connectivity index (χ3n) is 9.87. The third kappa shape index (κ3) is 4.86. The number of furan rings is 1. The van der Waals surface area contributed by atoms with Gasteiger partial charge in [0.05, 0.1) is 62.0 Å². The zero-order valence-corrected chi connectivity index (χ0v) is 29.0. The summed E-state index contributed by atoms with van der Waals surface area (Å²) in [4.78, 5) is 0. The molecule has 0 atom stereocenters. The zero-order valence-electron chi connectivity index (χ0n) is 54.0. The molecule has 0 bridgehead atoms. The maximum Gasteiger partial charge on any atom is 0.159 e. The van der Waals surface area contributed by atoms with Crippen molar-refractivity contribution in [2.45, 2.75) is 0 Å². The van der Waals surface area contributed by atoms with Crippen LogP contribution in [0.1, 0.15) is 34.3 Å². The summed E-state index contributed by atoms with van der Waals surface area (Å²) in [5, 5.41) is -2.67. The van der Waals surface area contributed by atoms with Crippen LogP contribution in [-0.4, -0.2) is 9.13 Å². The highest BCUT2D eigenvalue weighted by molar-refractivity contribution is 6.15. The fraction of sp³-hybridized carbons (Fsp3) is 0. The van der Waals surface area contributed by atoms with Gasteiger partial charge in [0.25, 0.3) is 0 Å². The van der Waals surface area contributed by atoms with Crippen molar-refractivity contribution in [3.63, 3.8) is 0 Å². The summed E-state index contributed by atoms with van der Waals surface area (Å²) in [6.45, 7) is 0. The smallest absolute Gasteiger partial charge is 0.159 e. The molecule has 0 radical (unpaired) electrons. The Labute approximate surface area is 364 Å². The molecule has 0 aliphatic carbocycles.